The third-order valence-electron chi connectivity index (χ3n) is 5.98. The number of hydrogen-bond acceptors (Lipinski definition) is 5. The standard InChI is InChI=1S/C20H33N5OS.HI/c1-21-20(22-13-16-6-7-25(15-16)17-4-5-17)23-14-18(19-3-2-12-27-19)24-8-10-26-11-9-24;/h2-3,12,16-18H,4-11,13-15H2,1H3,(H2,21,22,23);1H. The quantitative estimate of drug-likeness (QED) is 0.329. The van der Waals surface area contributed by atoms with Crippen molar-refractivity contribution in [3.05, 3.63) is 22.4 Å². The zero-order chi connectivity index (χ0) is 18.5. The van der Waals surface area contributed by atoms with Crippen LogP contribution in [0, 0.1) is 5.92 Å². The SMILES string of the molecule is CN=C(NCC1CCN(C2CC2)C1)NCC(c1cccs1)N1CCOCC1.I. The van der Waals surface area contributed by atoms with Crippen molar-refractivity contribution in [2.75, 3.05) is 59.5 Å². The van der Waals surface area contributed by atoms with Crippen LogP contribution < -0.4 is 10.6 Å². The van der Waals surface area contributed by atoms with E-state index < -0.39 is 0 Å². The van der Waals surface area contributed by atoms with E-state index in [1.54, 1.807) is 0 Å². The highest BCUT2D eigenvalue weighted by Crippen LogP contribution is 2.31. The van der Waals surface area contributed by atoms with E-state index in [1.165, 1.54) is 37.2 Å². The van der Waals surface area contributed by atoms with Crippen molar-refractivity contribution in [1.29, 1.82) is 0 Å². The molecule has 158 valence electrons. The van der Waals surface area contributed by atoms with E-state index in [0.717, 1.165) is 57.3 Å². The van der Waals surface area contributed by atoms with Crippen LogP contribution in [0.15, 0.2) is 22.5 Å². The first-order valence-electron chi connectivity index (χ1n) is 10.4. The number of guanidine groups is 1. The van der Waals surface area contributed by atoms with Gasteiger partial charge in [0.2, 0.25) is 0 Å². The van der Waals surface area contributed by atoms with Crippen LogP contribution in [0.1, 0.15) is 30.2 Å². The molecule has 3 fully saturated rings. The van der Waals surface area contributed by atoms with Gasteiger partial charge >= 0.3 is 0 Å². The van der Waals surface area contributed by atoms with E-state index in [-0.39, 0.29) is 24.0 Å². The Hall–Kier alpha value is -0.420. The van der Waals surface area contributed by atoms with Crippen molar-refractivity contribution in [3.63, 3.8) is 0 Å². The lowest BCUT2D eigenvalue weighted by atomic mass is 10.1. The average Bonchev–Trinajstić information content (AvgIpc) is 3.21. The van der Waals surface area contributed by atoms with Crippen LogP contribution >= 0.6 is 35.3 Å². The van der Waals surface area contributed by atoms with Gasteiger partial charge in [-0.2, -0.15) is 0 Å². The lowest BCUT2D eigenvalue weighted by Crippen LogP contribution is -2.46. The normalized spacial score (nSPS) is 25.3. The Morgan fingerprint density at radius 2 is 2.07 bits per heavy atom. The summed E-state index contributed by atoms with van der Waals surface area (Å²) in [5.74, 6) is 1.67. The fourth-order valence-corrected chi connectivity index (χ4v) is 5.10. The van der Waals surface area contributed by atoms with Gasteiger partial charge in [0.15, 0.2) is 5.96 Å². The third kappa shape index (κ3) is 6.04. The van der Waals surface area contributed by atoms with Crippen LogP contribution in [0.3, 0.4) is 0 Å². The molecule has 1 aromatic rings. The molecule has 0 spiro atoms. The lowest BCUT2D eigenvalue weighted by Gasteiger charge is -2.34. The Balaban J connectivity index is 0.00000225. The molecule has 4 rings (SSSR count). The molecule has 8 heteroatoms. The highest BCUT2D eigenvalue weighted by Gasteiger charge is 2.34. The molecule has 6 nitrogen and oxygen atoms in total. The molecule has 2 aliphatic heterocycles. The molecule has 2 N–H and O–H groups in total. The summed E-state index contributed by atoms with van der Waals surface area (Å²) < 4.78 is 5.54. The first-order valence-corrected chi connectivity index (χ1v) is 11.2. The summed E-state index contributed by atoms with van der Waals surface area (Å²) in [5.41, 5.74) is 0. The second-order valence-electron chi connectivity index (χ2n) is 7.89. The number of morpholine rings is 1. The molecule has 2 saturated heterocycles. The van der Waals surface area contributed by atoms with Crippen LogP contribution in [-0.4, -0.2) is 81.3 Å². The van der Waals surface area contributed by atoms with E-state index in [4.69, 9.17) is 4.74 Å². The van der Waals surface area contributed by atoms with E-state index in [1.807, 2.05) is 18.4 Å². The van der Waals surface area contributed by atoms with Gasteiger partial charge in [-0.1, -0.05) is 6.07 Å². The molecule has 3 aliphatic rings. The predicted molar refractivity (Wildman–Crippen MR) is 127 cm³/mol. The lowest BCUT2D eigenvalue weighted by molar-refractivity contribution is 0.0177. The highest BCUT2D eigenvalue weighted by molar-refractivity contribution is 14.0. The monoisotopic (exact) mass is 519 g/mol. The number of ether oxygens (including phenoxy) is 1. The van der Waals surface area contributed by atoms with Crippen LogP contribution in [0.5, 0.6) is 0 Å². The molecular weight excluding hydrogens is 485 g/mol. The summed E-state index contributed by atoms with van der Waals surface area (Å²) in [4.78, 5) is 11.1. The van der Waals surface area contributed by atoms with Gasteiger partial charge in [0.25, 0.3) is 0 Å². The molecule has 0 radical (unpaired) electrons. The Bertz CT molecular complexity index is 604. The molecule has 2 atom stereocenters. The molecule has 2 unspecified atom stereocenters. The smallest absolute Gasteiger partial charge is 0.191 e. The third-order valence-corrected chi connectivity index (χ3v) is 6.96. The second-order valence-corrected chi connectivity index (χ2v) is 8.87. The number of rotatable bonds is 7. The number of halogens is 1. The fourth-order valence-electron chi connectivity index (χ4n) is 4.24. The first-order chi connectivity index (χ1) is 13.3. The summed E-state index contributed by atoms with van der Waals surface area (Å²) in [5, 5.41) is 9.31. The zero-order valence-electron chi connectivity index (χ0n) is 16.8. The minimum atomic E-state index is 0. The van der Waals surface area contributed by atoms with Crippen LogP contribution in [0.25, 0.3) is 0 Å². The Labute approximate surface area is 190 Å². The van der Waals surface area contributed by atoms with Gasteiger partial charge in [-0.05, 0) is 43.2 Å². The van der Waals surface area contributed by atoms with E-state index in [9.17, 15) is 0 Å². The Kier molecular flexibility index (Phi) is 8.83. The first kappa shape index (κ1) is 22.3. The van der Waals surface area contributed by atoms with Crippen molar-refractivity contribution in [3.8, 4) is 0 Å². The van der Waals surface area contributed by atoms with E-state index in [0.29, 0.717) is 6.04 Å². The summed E-state index contributed by atoms with van der Waals surface area (Å²) >= 11 is 1.84. The van der Waals surface area contributed by atoms with E-state index in [2.05, 4.69) is 42.9 Å². The molecule has 28 heavy (non-hydrogen) atoms. The summed E-state index contributed by atoms with van der Waals surface area (Å²) in [6, 6.07) is 5.66. The largest absolute Gasteiger partial charge is 0.379 e. The zero-order valence-corrected chi connectivity index (χ0v) is 20.0. The van der Waals surface area contributed by atoms with Crippen molar-refractivity contribution < 1.29 is 4.74 Å². The van der Waals surface area contributed by atoms with Crippen molar-refractivity contribution in [2.45, 2.75) is 31.3 Å². The maximum atomic E-state index is 5.54. The molecule has 1 aliphatic carbocycles. The predicted octanol–water partition coefficient (Wildman–Crippen LogP) is 2.39. The minimum absolute atomic E-state index is 0. The van der Waals surface area contributed by atoms with Gasteiger partial charge in [-0.15, -0.1) is 35.3 Å². The number of nitrogens with zero attached hydrogens (tertiary/aromatic N) is 3. The molecule has 0 amide bonds. The Morgan fingerprint density at radius 3 is 2.75 bits per heavy atom. The molecular formula is C20H34IN5OS. The van der Waals surface area contributed by atoms with Gasteiger partial charge in [-0.25, -0.2) is 0 Å². The van der Waals surface area contributed by atoms with Crippen LogP contribution in [0.4, 0.5) is 0 Å². The number of nitrogens with one attached hydrogen (secondary N) is 2. The molecule has 1 aromatic heterocycles. The van der Waals surface area contributed by atoms with Gasteiger partial charge in [0, 0.05) is 50.7 Å². The van der Waals surface area contributed by atoms with Gasteiger partial charge < -0.3 is 20.3 Å². The molecule has 3 heterocycles. The second kappa shape index (κ2) is 11.1. The van der Waals surface area contributed by atoms with Crippen molar-refractivity contribution in [1.82, 2.24) is 20.4 Å². The molecule has 0 aromatic carbocycles. The van der Waals surface area contributed by atoms with E-state index >= 15 is 0 Å². The summed E-state index contributed by atoms with van der Waals surface area (Å²) in [6.45, 7) is 8.07. The summed E-state index contributed by atoms with van der Waals surface area (Å²) in [7, 11) is 1.87. The number of hydrogen-bond donors (Lipinski definition) is 2. The average molecular weight is 519 g/mol. The maximum Gasteiger partial charge on any atom is 0.191 e. The fraction of sp³-hybridized carbons (Fsp3) is 0.750. The number of thiophene rings is 1. The van der Waals surface area contributed by atoms with Crippen molar-refractivity contribution >= 4 is 41.3 Å². The van der Waals surface area contributed by atoms with Gasteiger partial charge in [-0.3, -0.25) is 9.89 Å². The van der Waals surface area contributed by atoms with Gasteiger partial charge in [0.1, 0.15) is 0 Å². The van der Waals surface area contributed by atoms with Crippen LogP contribution in [0.2, 0.25) is 0 Å². The Morgan fingerprint density at radius 1 is 1.25 bits per heavy atom. The maximum absolute atomic E-state index is 5.54. The topological polar surface area (TPSA) is 52.1 Å². The highest BCUT2D eigenvalue weighted by atomic mass is 127. The van der Waals surface area contributed by atoms with Crippen molar-refractivity contribution in [2.24, 2.45) is 10.9 Å². The van der Waals surface area contributed by atoms with Gasteiger partial charge in [0.05, 0.1) is 19.3 Å². The minimum Gasteiger partial charge on any atom is -0.379 e. The molecule has 1 saturated carbocycles. The number of likely N-dealkylation sites (tertiary alicyclic amines) is 1. The summed E-state index contributed by atoms with van der Waals surface area (Å²) in [6.07, 6.45) is 4.14. The number of aliphatic imine (C=N–C) groups is 1. The van der Waals surface area contributed by atoms with Crippen LogP contribution in [-0.2, 0) is 4.74 Å². The molecule has 0 bridgehead atoms.